The lowest BCUT2D eigenvalue weighted by atomic mass is 10.0. The monoisotopic (exact) mass is 309 g/mol. The molecule has 2 rings (SSSR count). The molecular weight excluding hydrogens is 290 g/mol. The molecule has 0 heterocycles. The largest absolute Gasteiger partial charge is 0.480 e. The molecule has 0 spiro atoms. The van der Waals surface area contributed by atoms with Gasteiger partial charge in [0.15, 0.2) is 0 Å². The summed E-state index contributed by atoms with van der Waals surface area (Å²) in [6, 6.07) is 4.42. The Morgan fingerprint density at radius 1 is 1.29 bits per heavy atom. The number of amides is 1. The van der Waals surface area contributed by atoms with E-state index in [0.717, 1.165) is 18.4 Å². The van der Waals surface area contributed by atoms with Gasteiger partial charge in [0, 0.05) is 16.6 Å². The van der Waals surface area contributed by atoms with Crippen molar-refractivity contribution in [3.8, 4) is 0 Å². The lowest BCUT2D eigenvalue weighted by Crippen LogP contribution is -2.44. The summed E-state index contributed by atoms with van der Waals surface area (Å²) in [6.07, 6.45) is 1.72. The van der Waals surface area contributed by atoms with Crippen LogP contribution in [-0.4, -0.2) is 34.0 Å². The van der Waals surface area contributed by atoms with Crippen LogP contribution in [0.4, 0.5) is 0 Å². The minimum Gasteiger partial charge on any atom is -0.480 e. The van der Waals surface area contributed by atoms with Gasteiger partial charge in [0.25, 0.3) is 5.91 Å². The van der Waals surface area contributed by atoms with E-state index in [2.05, 4.69) is 0 Å². The molecule has 0 aromatic heterocycles. The van der Waals surface area contributed by atoms with Gasteiger partial charge in [-0.2, -0.15) is 0 Å². The average molecular weight is 310 g/mol. The van der Waals surface area contributed by atoms with Crippen molar-refractivity contribution >= 4 is 23.5 Å². The molecular formula is C16H20ClNO3. The standard InChI is InChI=1S/C16H20ClNO3/c1-9(2)13-7-4-11(8-14(13)17)15(19)18(12-5-6-12)10(3)16(20)21/h4,7-10,12H,5-6H2,1-3H3,(H,20,21). The third-order valence-electron chi connectivity index (χ3n) is 3.82. The number of carbonyl (C=O) groups is 2. The van der Waals surface area contributed by atoms with Crippen LogP contribution in [-0.2, 0) is 4.79 Å². The Kier molecular flexibility index (Phi) is 4.57. The predicted molar refractivity (Wildman–Crippen MR) is 81.8 cm³/mol. The molecule has 1 amide bonds. The van der Waals surface area contributed by atoms with Crippen molar-refractivity contribution in [1.29, 1.82) is 0 Å². The zero-order valence-electron chi connectivity index (χ0n) is 12.5. The second-order valence-corrected chi connectivity index (χ2v) is 6.26. The van der Waals surface area contributed by atoms with E-state index >= 15 is 0 Å². The number of halogens is 1. The zero-order valence-corrected chi connectivity index (χ0v) is 13.2. The molecule has 0 bridgehead atoms. The molecule has 114 valence electrons. The number of carbonyl (C=O) groups excluding carboxylic acids is 1. The number of rotatable bonds is 5. The van der Waals surface area contributed by atoms with E-state index < -0.39 is 12.0 Å². The Morgan fingerprint density at radius 2 is 1.90 bits per heavy atom. The van der Waals surface area contributed by atoms with E-state index in [1.807, 2.05) is 19.9 Å². The summed E-state index contributed by atoms with van der Waals surface area (Å²) in [5.74, 6) is -0.969. The van der Waals surface area contributed by atoms with Crippen LogP contribution in [0.2, 0.25) is 5.02 Å². The molecule has 1 saturated carbocycles. The van der Waals surface area contributed by atoms with Crippen LogP contribution in [0, 0.1) is 0 Å². The van der Waals surface area contributed by atoms with Crippen LogP contribution in [0.15, 0.2) is 18.2 Å². The minimum atomic E-state index is -0.986. The quantitative estimate of drug-likeness (QED) is 0.905. The Labute approximate surface area is 129 Å². The van der Waals surface area contributed by atoms with Gasteiger partial charge in [-0.05, 0) is 43.4 Å². The second-order valence-electron chi connectivity index (χ2n) is 5.85. The van der Waals surface area contributed by atoms with Gasteiger partial charge in [0.1, 0.15) is 6.04 Å². The number of hydrogen-bond donors (Lipinski definition) is 1. The molecule has 21 heavy (non-hydrogen) atoms. The van der Waals surface area contributed by atoms with E-state index in [-0.39, 0.29) is 17.9 Å². The van der Waals surface area contributed by atoms with E-state index in [4.69, 9.17) is 11.6 Å². The topological polar surface area (TPSA) is 57.6 Å². The van der Waals surface area contributed by atoms with E-state index in [1.165, 1.54) is 4.90 Å². The number of hydrogen-bond acceptors (Lipinski definition) is 2. The molecule has 1 aromatic rings. The van der Waals surface area contributed by atoms with Crippen molar-refractivity contribution in [1.82, 2.24) is 4.90 Å². The maximum absolute atomic E-state index is 12.6. The molecule has 4 nitrogen and oxygen atoms in total. The van der Waals surface area contributed by atoms with Gasteiger partial charge in [-0.25, -0.2) is 4.79 Å². The Bertz CT molecular complexity index is 567. The molecule has 1 aliphatic carbocycles. The summed E-state index contributed by atoms with van der Waals surface area (Å²) < 4.78 is 0. The highest BCUT2D eigenvalue weighted by Crippen LogP contribution is 2.32. The van der Waals surface area contributed by atoms with E-state index in [1.54, 1.807) is 19.1 Å². The van der Waals surface area contributed by atoms with Gasteiger partial charge in [-0.15, -0.1) is 0 Å². The van der Waals surface area contributed by atoms with Gasteiger partial charge in [-0.1, -0.05) is 31.5 Å². The molecule has 0 aliphatic heterocycles. The smallest absolute Gasteiger partial charge is 0.326 e. The molecule has 0 saturated heterocycles. The van der Waals surface area contributed by atoms with Crippen molar-refractivity contribution in [2.45, 2.75) is 51.6 Å². The highest BCUT2D eigenvalue weighted by Gasteiger charge is 2.38. The summed E-state index contributed by atoms with van der Waals surface area (Å²) in [5.41, 5.74) is 1.43. The predicted octanol–water partition coefficient (Wildman–Crippen LogP) is 3.54. The number of benzene rings is 1. The van der Waals surface area contributed by atoms with E-state index in [9.17, 15) is 14.7 Å². The summed E-state index contributed by atoms with van der Waals surface area (Å²) in [6.45, 7) is 5.61. The Balaban J connectivity index is 2.29. The molecule has 1 aromatic carbocycles. The fourth-order valence-corrected chi connectivity index (χ4v) is 2.81. The summed E-state index contributed by atoms with van der Waals surface area (Å²) in [5, 5.41) is 9.73. The molecule has 5 heteroatoms. The van der Waals surface area contributed by atoms with Gasteiger partial charge in [0.05, 0.1) is 0 Å². The maximum Gasteiger partial charge on any atom is 0.326 e. The number of aliphatic carboxylic acids is 1. The lowest BCUT2D eigenvalue weighted by Gasteiger charge is -2.26. The van der Waals surface area contributed by atoms with Crippen molar-refractivity contribution in [3.63, 3.8) is 0 Å². The normalized spacial score (nSPS) is 15.9. The fraction of sp³-hybridized carbons (Fsp3) is 0.500. The molecule has 0 radical (unpaired) electrons. The first kappa shape index (κ1) is 15.8. The summed E-state index contributed by atoms with van der Waals surface area (Å²) >= 11 is 6.22. The van der Waals surface area contributed by atoms with Crippen molar-refractivity contribution < 1.29 is 14.7 Å². The van der Waals surface area contributed by atoms with Gasteiger partial charge >= 0.3 is 5.97 Å². The van der Waals surface area contributed by atoms with Crippen LogP contribution in [0.3, 0.4) is 0 Å². The van der Waals surface area contributed by atoms with Crippen LogP contribution in [0.25, 0.3) is 0 Å². The maximum atomic E-state index is 12.6. The van der Waals surface area contributed by atoms with Gasteiger partial charge in [-0.3, -0.25) is 4.79 Å². The van der Waals surface area contributed by atoms with Crippen molar-refractivity contribution in [2.75, 3.05) is 0 Å². The van der Waals surface area contributed by atoms with E-state index in [0.29, 0.717) is 10.6 Å². The zero-order chi connectivity index (χ0) is 15.7. The molecule has 1 fully saturated rings. The Morgan fingerprint density at radius 3 is 2.33 bits per heavy atom. The Hall–Kier alpha value is -1.55. The second kappa shape index (κ2) is 6.06. The molecule has 1 atom stereocenters. The minimum absolute atomic E-state index is 0.0344. The summed E-state index contributed by atoms with van der Waals surface area (Å²) in [4.78, 5) is 25.3. The highest BCUT2D eigenvalue weighted by atomic mass is 35.5. The first-order valence-corrected chi connectivity index (χ1v) is 7.55. The number of nitrogens with zero attached hydrogens (tertiary/aromatic N) is 1. The van der Waals surface area contributed by atoms with Gasteiger partial charge in [0.2, 0.25) is 0 Å². The van der Waals surface area contributed by atoms with Crippen LogP contribution in [0.1, 0.15) is 55.5 Å². The summed E-state index contributed by atoms with van der Waals surface area (Å²) in [7, 11) is 0. The molecule has 1 aliphatic rings. The number of carboxylic acids is 1. The van der Waals surface area contributed by atoms with Crippen LogP contribution < -0.4 is 0 Å². The first-order valence-electron chi connectivity index (χ1n) is 7.17. The first-order chi connectivity index (χ1) is 9.82. The van der Waals surface area contributed by atoms with Crippen molar-refractivity contribution in [2.24, 2.45) is 0 Å². The third kappa shape index (κ3) is 3.38. The highest BCUT2D eigenvalue weighted by molar-refractivity contribution is 6.31. The fourth-order valence-electron chi connectivity index (χ4n) is 2.41. The third-order valence-corrected chi connectivity index (χ3v) is 4.15. The number of carboxylic acid groups (broad SMARTS) is 1. The SMILES string of the molecule is CC(C)c1ccc(C(=O)N(C2CC2)C(C)C(=O)O)cc1Cl. The molecule has 1 unspecified atom stereocenters. The molecule has 1 N–H and O–H groups in total. The van der Waals surface area contributed by atoms with Crippen LogP contribution >= 0.6 is 11.6 Å². The van der Waals surface area contributed by atoms with Gasteiger partial charge < -0.3 is 10.0 Å². The van der Waals surface area contributed by atoms with Crippen LogP contribution in [0.5, 0.6) is 0 Å². The lowest BCUT2D eigenvalue weighted by molar-refractivity contribution is -0.141. The van der Waals surface area contributed by atoms with Crippen molar-refractivity contribution in [3.05, 3.63) is 34.3 Å². The average Bonchev–Trinajstić information content (AvgIpc) is 3.22.